The Morgan fingerprint density at radius 2 is 1.82 bits per heavy atom. The molecular weight excluding hydrogens is 413 g/mol. The van der Waals surface area contributed by atoms with Gasteiger partial charge in [-0.1, -0.05) is 24.3 Å². The highest BCUT2D eigenvalue weighted by Gasteiger charge is 2.34. The van der Waals surface area contributed by atoms with Crippen molar-refractivity contribution in [2.45, 2.75) is 43.8 Å². The summed E-state index contributed by atoms with van der Waals surface area (Å²) in [5.41, 5.74) is 2.47. The second-order valence-corrected chi connectivity index (χ2v) is 8.28. The topological polar surface area (TPSA) is 54.0 Å². The molecule has 2 atom stereocenters. The van der Waals surface area contributed by atoms with Crippen molar-refractivity contribution >= 4 is 53.0 Å². The van der Waals surface area contributed by atoms with Crippen LogP contribution in [-0.2, 0) is 0 Å². The van der Waals surface area contributed by atoms with Gasteiger partial charge in [-0.2, -0.15) is 0 Å². The molecular formula is C21H23Cl2N3OS. The number of nitrogens with zero attached hydrogens (tertiary/aromatic N) is 1. The first-order chi connectivity index (χ1) is 12.8. The van der Waals surface area contributed by atoms with Crippen LogP contribution in [0.15, 0.2) is 47.8 Å². The third-order valence-corrected chi connectivity index (χ3v) is 6.44. The number of benzene rings is 1. The quantitative estimate of drug-likeness (QED) is 0.619. The first kappa shape index (κ1) is 21.1. The lowest BCUT2D eigenvalue weighted by Gasteiger charge is -2.29. The SMILES string of the molecule is Cl.Cl.O=C(NC1CC2CCC(C1)N2)c1cc(-c2cccs2)nc2ccccc12. The van der Waals surface area contributed by atoms with E-state index in [9.17, 15) is 4.79 Å². The van der Waals surface area contributed by atoms with Gasteiger partial charge in [-0.15, -0.1) is 36.2 Å². The van der Waals surface area contributed by atoms with Crippen LogP contribution in [0.4, 0.5) is 0 Å². The molecule has 7 heteroatoms. The third kappa shape index (κ3) is 4.03. The van der Waals surface area contributed by atoms with Crippen molar-refractivity contribution in [3.8, 4) is 10.6 Å². The molecule has 0 saturated carbocycles. The summed E-state index contributed by atoms with van der Waals surface area (Å²) in [6, 6.07) is 15.3. The maximum absolute atomic E-state index is 13.1. The zero-order valence-electron chi connectivity index (χ0n) is 15.3. The highest BCUT2D eigenvalue weighted by Crippen LogP contribution is 2.29. The number of aromatic nitrogens is 1. The van der Waals surface area contributed by atoms with Crippen molar-refractivity contribution in [2.24, 2.45) is 0 Å². The number of carbonyl (C=O) groups excluding carboxylic acids is 1. The van der Waals surface area contributed by atoms with Crippen LogP contribution in [0.5, 0.6) is 0 Å². The Morgan fingerprint density at radius 1 is 1.07 bits per heavy atom. The first-order valence-corrected chi connectivity index (χ1v) is 10.1. The minimum atomic E-state index is 0. The summed E-state index contributed by atoms with van der Waals surface area (Å²) in [6.07, 6.45) is 4.53. The van der Waals surface area contributed by atoms with Gasteiger partial charge in [-0.3, -0.25) is 4.79 Å². The second-order valence-electron chi connectivity index (χ2n) is 7.33. The molecule has 2 bridgehead atoms. The molecule has 4 nitrogen and oxygen atoms in total. The smallest absolute Gasteiger partial charge is 0.252 e. The van der Waals surface area contributed by atoms with Gasteiger partial charge < -0.3 is 10.6 Å². The zero-order chi connectivity index (χ0) is 17.5. The molecule has 4 heterocycles. The van der Waals surface area contributed by atoms with Gasteiger partial charge in [0.2, 0.25) is 0 Å². The maximum Gasteiger partial charge on any atom is 0.252 e. The molecule has 2 saturated heterocycles. The van der Waals surface area contributed by atoms with Crippen LogP contribution in [0.1, 0.15) is 36.0 Å². The number of carbonyl (C=O) groups is 1. The van der Waals surface area contributed by atoms with Gasteiger partial charge in [0.25, 0.3) is 5.91 Å². The molecule has 148 valence electrons. The number of thiophene rings is 1. The molecule has 0 radical (unpaired) electrons. The Bertz CT molecular complexity index is 951. The summed E-state index contributed by atoms with van der Waals surface area (Å²) in [6.45, 7) is 0. The Balaban J connectivity index is 0.00000112. The van der Waals surface area contributed by atoms with E-state index in [2.05, 4.69) is 10.6 Å². The molecule has 28 heavy (non-hydrogen) atoms. The molecule has 0 aliphatic carbocycles. The van der Waals surface area contributed by atoms with Gasteiger partial charge in [-0.25, -0.2) is 4.98 Å². The number of hydrogen-bond donors (Lipinski definition) is 2. The fourth-order valence-electron chi connectivity index (χ4n) is 4.35. The molecule has 1 amide bonds. The van der Waals surface area contributed by atoms with Crippen LogP contribution in [0.25, 0.3) is 21.5 Å². The van der Waals surface area contributed by atoms with E-state index in [-0.39, 0.29) is 36.8 Å². The lowest BCUT2D eigenvalue weighted by Crippen LogP contribution is -2.48. The van der Waals surface area contributed by atoms with Crippen molar-refractivity contribution in [1.29, 1.82) is 0 Å². The second kappa shape index (κ2) is 8.78. The molecule has 2 aliphatic rings. The third-order valence-electron chi connectivity index (χ3n) is 5.54. The van der Waals surface area contributed by atoms with Crippen LogP contribution in [-0.4, -0.2) is 29.0 Å². The standard InChI is InChI=1S/C21H21N3OS.2ClH/c25-21(23-15-10-13-7-8-14(11-15)22-13)17-12-19(20-6-3-9-26-20)24-18-5-2-1-4-16(17)18;;/h1-6,9,12-15,22H,7-8,10-11H2,(H,23,25);2*1H. The highest BCUT2D eigenvalue weighted by atomic mass is 35.5. The van der Waals surface area contributed by atoms with Gasteiger partial charge in [0.1, 0.15) is 0 Å². The van der Waals surface area contributed by atoms with Crippen molar-refractivity contribution in [2.75, 3.05) is 0 Å². The average Bonchev–Trinajstić information content (AvgIpc) is 3.30. The summed E-state index contributed by atoms with van der Waals surface area (Å²) in [7, 11) is 0. The van der Waals surface area contributed by atoms with Crippen molar-refractivity contribution < 1.29 is 4.79 Å². The number of rotatable bonds is 3. The lowest BCUT2D eigenvalue weighted by molar-refractivity contribution is 0.0925. The molecule has 2 fully saturated rings. The summed E-state index contributed by atoms with van der Waals surface area (Å²) in [5.74, 6) is 0.0210. The summed E-state index contributed by atoms with van der Waals surface area (Å²) >= 11 is 1.65. The number of para-hydroxylation sites is 1. The van der Waals surface area contributed by atoms with E-state index >= 15 is 0 Å². The number of fused-ring (bicyclic) bond motifs is 3. The minimum absolute atomic E-state index is 0. The Kier molecular flexibility index (Phi) is 6.61. The van der Waals surface area contributed by atoms with Gasteiger partial charge in [-0.05, 0) is 49.3 Å². The van der Waals surface area contributed by atoms with Crippen molar-refractivity contribution in [3.05, 3.63) is 53.4 Å². The molecule has 2 unspecified atom stereocenters. The van der Waals surface area contributed by atoms with E-state index in [4.69, 9.17) is 4.98 Å². The van der Waals surface area contributed by atoms with Gasteiger partial charge in [0, 0.05) is 23.5 Å². The number of piperidine rings is 1. The van der Waals surface area contributed by atoms with E-state index in [0.717, 1.165) is 39.9 Å². The Labute approximate surface area is 181 Å². The predicted octanol–water partition coefficient (Wildman–Crippen LogP) is 4.82. The van der Waals surface area contributed by atoms with Crippen molar-refractivity contribution in [1.82, 2.24) is 15.6 Å². The summed E-state index contributed by atoms with van der Waals surface area (Å²) in [5, 5.41) is 9.89. The monoisotopic (exact) mass is 435 g/mol. The molecule has 2 aliphatic heterocycles. The van der Waals surface area contributed by atoms with E-state index in [1.165, 1.54) is 12.8 Å². The number of amides is 1. The number of hydrogen-bond acceptors (Lipinski definition) is 4. The normalized spacial score (nSPS) is 22.9. The predicted molar refractivity (Wildman–Crippen MR) is 120 cm³/mol. The van der Waals surface area contributed by atoms with Gasteiger partial charge in [0.15, 0.2) is 0 Å². The van der Waals surface area contributed by atoms with E-state index in [1.807, 2.05) is 47.8 Å². The van der Waals surface area contributed by atoms with Crippen LogP contribution < -0.4 is 10.6 Å². The first-order valence-electron chi connectivity index (χ1n) is 9.27. The number of nitrogens with one attached hydrogen (secondary N) is 2. The van der Waals surface area contributed by atoms with Crippen LogP contribution in [0.2, 0.25) is 0 Å². The Hall–Kier alpha value is -1.66. The zero-order valence-corrected chi connectivity index (χ0v) is 17.7. The molecule has 0 spiro atoms. The number of pyridine rings is 1. The van der Waals surface area contributed by atoms with Crippen molar-refractivity contribution in [3.63, 3.8) is 0 Å². The van der Waals surface area contributed by atoms with E-state index < -0.39 is 0 Å². The average molecular weight is 436 g/mol. The van der Waals surface area contributed by atoms with Crippen LogP contribution in [0.3, 0.4) is 0 Å². The van der Waals surface area contributed by atoms with E-state index in [1.54, 1.807) is 11.3 Å². The molecule has 2 N–H and O–H groups in total. The summed E-state index contributed by atoms with van der Waals surface area (Å²) in [4.78, 5) is 19.0. The molecule has 3 aromatic rings. The highest BCUT2D eigenvalue weighted by molar-refractivity contribution is 7.13. The fourth-order valence-corrected chi connectivity index (χ4v) is 5.04. The maximum atomic E-state index is 13.1. The van der Waals surface area contributed by atoms with Gasteiger partial charge >= 0.3 is 0 Å². The van der Waals surface area contributed by atoms with Crippen LogP contribution >= 0.6 is 36.2 Å². The number of halogens is 2. The van der Waals surface area contributed by atoms with E-state index in [0.29, 0.717) is 12.1 Å². The lowest BCUT2D eigenvalue weighted by atomic mass is 9.99. The largest absolute Gasteiger partial charge is 0.349 e. The molecule has 5 rings (SSSR count). The Morgan fingerprint density at radius 3 is 2.54 bits per heavy atom. The molecule has 1 aromatic carbocycles. The summed E-state index contributed by atoms with van der Waals surface area (Å²) < 4.78 is 0. The van der Waals surface area contributed by atoms with Gasteiger partial charge in [0.05, 0.1) is 21.7 Å². The molecule has 2 aromatic heterocycles. The minimum Gasteiger partial charge on any atom is -0.349 e. The van der Waals surface area contributed by atoms with Crippen LogP contribution in [0, 0.1) is 0 Å². The fraction of sp³-hybridized carbons (Fsp3) is 0.333.